The number of benzene rings is 2. The van der Waals surface area contributed by atoms with Crippen molar-refractivity contribution in [1.29, 1.82) is 0 Å². The van der Waals surface area contributed by atoms with Crippen LogP contribution in [0.4, 0.5) is 0 Å². The molecule has 6 nitrogen and oxygen atoms in total. The first-order valence-electron chi connectivity index (χ1n) is 7.85. The quantitative estimate of drug-likeness (QED) is 0.599. The van der Waals surface area contributed by atoms with Gasteiger partial charge in [-0.25, -0.2) is 5.01 Å². The lowest BCUT2D eigenvalue weighted by atomic mass is 9.92. The van der Waals surface area contributed by atoms with E-state index in [-0.39, 0.29) is 11.9 Å². The highest BCUT2D eigenvalue weighted by molar-refractivity contribution is 5.90. The molecule has 1 aliphatic heterocycles. The molecule has 0 aliphatic carbocycles. The minimum atomic E-state index is -0.526. The minimum Gasteiger partial charge on any atom is -0.497 e. The number of rotatable bonds is 6. The molecular weight excluding hydrogens is 320 g/mol. The van der Waals surface area contributed by atoms with Gasteiger partial charge in [0.1, 0.15) is 17.5 Å². The van der Waals surface area contributed by atoms with E-state index in [1.807, 2.05) is 48.5 Å². The van der Waals surface area contributed by atoms with Gasteiger partial charge in [-0.3, -0.25) is 4.79 Å². The van der Waals surface area contributed by atoms with Crippen LogP contribution >= 0.6 is 0 Å². The summed E-state index contributed by atoms with van der Waals surface area (Å²) in [5, 5.41) is 5.79. The van der Waals surface area contributed by atoms with Crippen molar-refractivity contribution in [2.24, 2.45) is 5.10 Å². The van der Waals surface area contributed by atoms with E-state index >= 15 is 0 Å². The highest BCUT2D eigenvalue weighted by Crippen LogP contribution is 2.37. The molecule has 0 N–H and O–H groups in total. The number of β-lactam (4-membered cyclic amide) rings is 1. The molecule has 0 saturated carbocycles. The van der Waals surface area contributed by atoms with E-state index < -0.39 is 6.10 Å². The average molecular weight is 340 g/mol. The van der Waals surface area contributed by atoms with Gasteiger partial charge in [0.15, 0.2) is 6.10 Å². The molecule has 0 radical (unpaired) electrons. The van der Waals surface area contributed by atoms with E-state index in [9.17, 15) is 4.79 Å². The Morgan fingerprint density at radius 3 is 2.00 bits per heavy atom. The summed E-state index contributed by atoms with van der Waals surface area (Å²) in [6.07, 6.45) is 1.13. The molecular formula is C19H20N2O4. The molecule has 1 aliphatic rings. The lowest BCUT2D eigenvalue weighted by molar-refractivity contribution is -0.171. The zero-order valence-electron chi connectivity index (χ0n) is 14.4. The van der Waals surface area contributed by atoms with Crippen LogP contribution in [0.15, 0.2) is 53.6 Å². The van der Waals surface area contributed by atoms with Gasteiger partial charge in [0.05, 0.1) is 20.4 Å². The van der Waals surface area contributed by atoms with Gasteiger partial charge in [0, 0.05) is 7.11 Å². The fourth-order valence-corrected chi connectivity index (χ4v) is 2.74. The number of carbonyl (C=O) groups excluding carboxylic acids is 1. The van der Waals surface area contributed by atoms with Crippen molar-refractivity contribution in [2.75, 3.05) is 21.3 Å². The number of nitrogens with zero attached hydrogens (tertiary/aromatic N) is 2. The van der Waals surface area contributed by atoms with Crippen molar-refractivity contribution in [3.05, 3.63) is 59.7 Å². The predicted molar refractivity (Wildman–Crippen MR) is 94.0 cm³/mol. The number of hydrogen-bond donors (Lipinski definition) is 0. The van der Waals surface area contributed by atoms with Gasteiger partial charge in [-0.1, -0.05) is 12.1 Å². The fraction of sp³-hybridized carbons (Fsp3) is 0.263. The van der Waals surface area contributed by atoms with Crippen LogP contribution < -0.4 is 9.47 Å². The van der Waals surface area contributed by atoms with Crippen molar-refractivity contribution < 1.29 is 19.0 Å². The molecule has 0 unspecified atom stereocenters. The summed E-state index contributed by atoms with van der Waals surface area (Å²) >= 11 is 0. The Morgan fingerprint density at radius 1 is 0.920 bits per heavy atom. The topological polar surface area (TPSA) is 60.4 Å². The number of hydrazone groups is 1. The third-order valence-corrected chi connectivity index (χ3v) is 4.18. The molecule has 2 aromatic rings. The lowest BCUT2D eigenvalue weighted by Gasteiger charge is -2.42. The first-order valence-corrected chi connectivity index (χ1v) is 7.85. The number of ether oxygens (including phenoxy) is 3. The number of hydrogen-bond acceptors (Lipinski definition) is 5. The molecule has 0 aromatic heterocycles. The molecule has 1 fully saturated rings. The van der Waals surface area contributed by atoms with Crippen molar-refractivity contribution in [3.8, 4) is 11.5 Å². The summed E-state index contributed by atoms with van der Waals surface area (Å²) in [6.45, 7) is 0. The lowest BCUT2D eigenvalue weighted by Crippen LogP contribution is -2.57. The van der Waals surface area contributed by atoms with Gasteiger partial charge in [0.25, 0.3) is 5.91 Å². The molecule has 6 heteroatoms. The van der Waals surface area contributed by atoms with Gasteiger partial charge in [0.2, 0.25) is 0 Å². The van der Waals surface area contributed by atoms with Crippen molar-refractivity contribution in [2.45, 2.75) is 12.1 Å². The second-order valence-electron chi connectivity index (χ2n) is 5.57. The monoisotopic (exact) mass is 340 g/mol. The second-order valence-corrected chi connectivity index (χ2v) is 5.57. The highest BCUT2D eigenvalue weighted by Gasteiger charge is 2.49. The van der Waals surface area contributed by atoms with E-state index in [1.54, 1.807) is 20.4 Å². The van der Waals surface area contributed by atoms with Crippen LogP contribution in [0.3, 0.4) is 0 Å². The zero-order valence-corrected chi connectivity index (χ0v) is 14.4. The molecule has 130 valence electrons. The molecule has 2 atom stereocenters. The summed E-state index contributed by atoms with van der Waals surface area (Å²) in [4.78, 5) is 12.3. The Morgan fingerprint density at radius 2 is 1.48 bits per heavy atom. The highest BCUT2D eigenvalue weighted by atomic mass is 16.5. The summed E-state index contributed by atoms with van der Waals surface area (Å²) < 4.78 is 15.6. The Hall–Kier alpha value is -2.86. The average Bonchev–Trinajstić information content (AvgIpc) is 2.67. The van der Waals surface area contributed by atoms with Crippen LogP contribution in [0, 0.1) is 0 Å². The zero-order chi connectivity index (χ0) is 17.8. The smallest absolute Gasteiger partial charge is 0.275 e. The molecule has 1 heterocycles. The third kappa shape index (κ3) is 3.34. The van der Waals surface area contributed by atoms with Gasteiger partial charge < -0.3 is 14.2 Å². The van der Waals surface area contributed by atoms with Crippen LogP contribution in [0.1, 0.15) is 17.2 Å². The largest absolute Gasteiger partial charge is 0.497 e. The summed E-state index contributed by atoms with van der Waals surface area (Å²) in [6, 6.07) is 14.7. The normalized spacial score (nSPS) is 19.8. The summed E-state index contributed by atoms with van der Waals surface area (Å²) in [7, 11) is 4.76. The Labute approximate surface area is 146 Å². The Bertz CT molecular complexity index is 756. The first kappa shape index (κ1) is 17.0. The second kappa shape index (κ2) is 7.36. The minimum absolute atomic E-state index is 0.159. The van der Waals surface area contributed by atoms with Gasteiger partial charge in [-0.15, -0.1) is 0 Å². The Balaban J connectivity index is 1.79. The van der Waals surface area contributed by atoms with E-state index in [2.05, 4.69) is 5.10 Å². The Kier molecular flexibility index (Phi) is 5.00. The third-order valence-electron chi connectivity index (χ3n) is 4.18. The number of methoxy groups -OCH3 is 3. The van der Waals surface area contributed by atoms with Crippen molar-refractivity contribution in [1.82, 2.24) is 5.01 Å². The number of carbonyl (C=O) groups is 1. The van der Waals surface area contributed by atoms with Gasteiger partial charge in [-0.2, -0.15) is 5.10 Å². The maximum Gasteiger partial charge on any atom is 0.275 e. The van der Waals surface area contributed by atoms with Crippen LogP contribution in [0.25, 0.3) is 0 Å². The van der Waals surface area contributed by atoms with Gasteiger partial charge in [-0.05, 0) is 47.5 Å². The first-order chi connectivity index (χ1) is 12.2. The van der Waals surface area contributed by atoms with Crippen LogP contribution in [-0.4, -0.2) is 44.6 Å². The summed E-state index contributed by atoms with van der Waals surface area (Å²) in [5.74, 6) is 1.37. The number of amides is 1. The standard InChI is InChI=1S/C19H20N2O4/c1-23-15-8-4-13(5-9-15)12-20-21-17(18(25-3)19(21)22)14-6-10-16(24-2)11-7-14/h4-12,17-18H,1-3H3/b20-12+/t17-,18+/m0/s1. The van der Waals surface area contributed by atoms with Crippen LogP contribution in [-0.2, 0) is 9.53 Å². The molecule has 0 spiro atoms. The van der Waals surface area contributed by atoms with Crippen LogP contribution in [0.2, 0.25) is 0 Å². The molecule has 0 bridgehead atoms. The van der Waals surface area contributed by atoms with Crippen molar-refractivity contribution in [3.63, 3.8) is 0 Å². The van der Waals surface area contributed by atoms with Crippen LogP contribution in [0.5, 0.6) is 11.5 Å². The summed E-state index contributed by atoms with van der Waals surface area (Å²) in [5.41, 5.74) is 1.82. The van der Waals surface area contributed by atoms with E-state index in [4.69, 9.17) is 14.2 Å². The molecule has 1 amide bonds. The van der Waals surface area contributed by atoms with E-state index in [1.165, 1.54) is 12.1 Å². The van der Waals surface area contributed by atoms with Gasteiger partial charge >= 0.3 is 0 Å². The maximum atomic E-state index is 12.3. The predicted octanol–water partition coefficient (Wildman–Crippen LogP) is 2.64. The maximum absolute atomic E-state index is 12.3. The molecule has 25 heavy (non-hydrogen) atoms. The molecule has 3 rings (SSSR count). The van der Waals surface area contributed by atoms with E-state index in [0.29, 0.717) is 0 Å². The fourth-order valence-electron chi connectivity index (χ4n) is 2.74. The molecule has 2 aromatic carbocycles. The molecule has 1 saturated heterocycles. The SMILES string of the molecule is COc1ccc(/C=N/N2C(=O)[C@H](OC)[C@@H]2c2ccc(OC)cc2)cc1. The van der Waals surface area contributed by atoms with E-state index in [0.717, 1.165) is 22.6 Å². The van der Waals surface area contributed by atoms with Crippen molar-refractivity contribution >= 4 is 12.1 Å².